The van der Waals surface area contributed by atoms with Gasteiger partial charge in [0.2, 0.25) is 0 Å². The topological polar surface area (TPSA) is 20.2 Å². The van der Waals surface area contributed by atoms with Gasteiger partial charge in [0.1, 0.15) is 0 Å². The second kappa shape index (κ2) is 6.86. The van der Waals surface area contributed by atoms with E-state index in [1.54, 1.807) is 5.57 Å². The van der Waals surface area contributed by atoms with Gasteiger partial charge >= 0.3 is 0 Å². The van der Waals surface area contributed by atoms with Crippen LogP contribution in [0.4, 0.5) is 0 Å². The maximum atomic E-state index is 10.2. The SMILES string of the molecule is CC1CC1CC[C@@H](C)C1CC[C@H]2[C@@H]3CC=C4CC(O)CC[C@]4(C)[C@H]3CC[C@]12C. The van der Waals surface area contributed by atoms with E-state index in [1.807, 2.05) is 0 Å². The first-order valence-corrected chi connectivity index (χ1v) is 12.7. The Balaban J connectivity index is 1.32. The second-order valence-corrected chi connectivity index (χ2v) is 12.4. The van der Waals surface area contributed by atoms with Crippen LogP contribution in [-0.4, -0.2) is 11.2 Å². The average molecular weight is 385 g/mol. The Kier molecular flexibility index (Phi) is 4.81. The molecule has 1 N–H and O–H groups in total. The molecule has 0 amide bonds. The maximum Gasteiger partial charge on any atom is 0.0577 e. The first-order chi connectivity index (χ1) is 13.3. The van der Waals surface area contributed by atoms with Gasteiger partial charge in [-0.3, -0.25) is 0 Å². The van der Waals surface area contributed by atoms with E-state index in [0.717, 1.165) is 54.3 Å². The van der Waals surface area contributed by atoms with Crippen molar-refractivity contribution in [1.82, 2.24) is 0 Å². The normalized spacial score (nSPS) is 53.6. The Morgan fingerprint density at radius 2 is 1.89 bits per heavy atom. The minimum Gasteiger partial charge on any atom is -0.393 e. The van der Waals surface area contributed by atoms with E-state index in [4.69, 9.17) is 0 Å². The molecule has 0 heterocycles. The summed E-state index contributed by atoms with van der Waals surface area (Å²) in [5.74, 6) is 6.75. The number of aliphatic hydroxyl groups is 1. The number of hydrogen-bond acceptors (Lipinski definition) is 1. The van der Waals surface area contributed by atoms with E-state index in [0.29, 0.717) is 10.8 Å². The van der Waals surface area contributed by atoms with Gasteiger partial charge in [0, 0.05) is 0 Å². The summed E-state index contributed by atoms with van der Waals surface area (Å²) in [5.41, 5.74) is 2.62. The lowest BCUT2D eigenvalue weighted by molar-refractivity contribution is -0.0573. The Morgan fingerprint density at radius 3 is 2.64 bits per heavy atom. The first-order valence-electron chi connectivity index (χ1n) is 12.7. The van der Waals surface area contributed by atoms with Crippen molar-refractivity contribution in [3.8, 4) is 0 Å². The van der Waals surface area contributed by atoms with Crippen molar-refractivity contribution in [3.05, 3.63) is 11.6 Å². The lowest BCUT2D eigenvalue weighted by Crippen LogP contribution is -2.50. The summed E-state index contributed by atoms with van der Waals surface area (Å²) >= 11 is 0. The lowest BCUT2D eigenvalue weighted by Gasteiger charge is -2.58. The molecule has 4 fully saturated rings. The first kappa shape index (κ1) is 19.7. The van der Waals surface area contributed by atoms with Gasteiger partial charge in [-0.2, -0.15) is 0 Å². The van der Waals surface area contributed by atoms with Crippen LogP contribution in [0.5, 0.6) is 0 Å². The fourth-order valence-electron chi connectivity index (χ4n) is 9.10. The van der Waals surface area contributed by atoms with E-state index in [-0.39, 0.29) is 6.10 Å². The van der Waals surface area contributed by atoms with Crippen LogP contribution in [0.3, 0.4) is 0 Å². The summed E-state index contributed by atoms with van der Waals surface area (Å²) in [4.78, 5) is 0. The molecule has 5 aliphatic rings. The molecule has 1 heteroatoms. The summed E-state index contributed by atoms with van der Waals surface area (Å²) in [6.07, 6.45) is 17.4. The zero-order valence-electron chi connectivity index (χ0n) is 18.9. The van der Waals surface area contributed by atoms with Crippen LogP contribution in [0.15, 0.2) is 11.6 Å². The molecule has 5 aliphatic carbocycles. The molecule has 0 aliphatic heterocycles. The molecule has 0 bridgehead atoms. The predicted octanol–water partition coefficient (Wildman–Crippen LogP) is 7.00. The standard InChI is InChI=1S/C27H44O/c1-17(5-6-19-15-18(19)2)23-9-10-24-22-8-7-20-16-21(28)11-13-26(20,3)25(22)12-14-27(23,24)4/h7,17-19,21-25,28H,5-6,8-16H2,1-4H3/t17-,18?,19?,21?,22+,23?,24+,25+,26+,27-/m1/s1. The highest BCUT2D eigenvalue weighted by molar-refractivity contribution is 5.25. The highest BCUT2D eigenvalue weighted by Crippen LogP contribution is 2.67. The summed E-state index contributed by atoms with van der Waals surface area (Å²) in [5, 5.41) is 10.2. The zero-order chi connectivity index (χ0) is 19.7. The Hall–Kier alpha value is -0.300. The number of fused-ring (bicyclic) bond motifs is 5. The van der Waals surface area contributed by atoms with Gasteiger partial charge in [0.15, 0.2) is 0 Å². The molecule has 28 heavy (non-hydrogen) atoms. The molecule has 0 aromatic heterocycles. The van der Waals surface area contributed by atoms with Crippen molar-refractivity contribution in [3.63, 3.8) is 0 Å². The molecule has 0 aromatic rings. The van der Waals surface area contributed by atoms with Crippen molar-refractivity contribution in [1.29, 1.82) is 0 Å². The third kappa shape index (κ3) is 2.97. The highest BCUT2D eigenvalue weighted by Gasteiger charge is 2.59. The van der Waals surface area contributed by atoms with Gasteiger partial charge in [-0.15, -0.1) is 0 Å². The van der Waals surface area contributed by atoms with Gasteiger partial charge in [-0.05, 0) is 116 Å². The van der Waals surface area contributed by atoms with Crippen LogP contribution >= 0.6 is 0 Å². The molecule has 158 valence electrons. The largest absolute Gasteiger partial charge is 0.393 e. The molecular weight excluding hydrogens is 340 g/mol. The van der Waals surface area contributed by atoms with E-state index in [9.17, 15) is 5.11 Å². The van der Waals surface area contributed by atoms with Crippen LogP contribution in [0.25, 0.3) is 0 Å². The molecule has 0 aromatic carbocycles. The third-order valence-corrected chi connectivity index (χ3v) is 11.1. The molecule has 0 saturated heterocycles. The van der Waals surface area contributed by atoms with E-state index >= 15 is 0 Å². The monoisotopic (exact) mass is 384 g/mol. The van der Waals surface area contributed by atoms with Crippen LogP contribution in [0.2, 0.25) is 0 Å². The Labute approximate surface area is 173 Å². The maximum absolute atomic E-state index is 10.2. The van der Waals surface area contributed by atoms with Gasteiger partial charge < -0.3 is 5.11 Å². The fourth-order valence-corrected chi connectivity index (χ4v) is 9.10. The quantitative estimate of drug-likeness (QED) is 0.517. The molecule has 1 nitrogen and oxygen atoms in total. The van der Waals surface area contributed by atoms with Gasteiger partial charge in [-0.1, -0.05) is 45.8 Å². The summed E-state index contributed by atoms with van der Waals surface area (Å²) < 4.78 is 0. The van der Waals surface area contributed by atoms with Gasteiger partial charge in [0.25, 0.3) is 0 Å². The minimum atomic E-state index is -0.0735. The Bertz CT molecular complexity index is 636. The van der Waals surface area contributed by atoms with E-state index < -0.39 is 0 Å². The molecule has 10 atom stereocenters. The summed E-state index contributed by atoms with van der Waals surface area (Å²) in [7, 11) is 0. The molecule has 0 radical (unpaired) electrons. The zero-order valence-corrected chi connectivity index (χ0v) is 18.9. The van der Waals surface area contributed by atoms with Gasteiger partial charge in [-0.25, -0.2) is 0 Å². The Morgan fingerprint density at radius 1 is 1.11 bits per heavy atom. The van der Waals surface area contributed by atoms with Crippen molar-refractivity contribution in [2.75, 3.05) is 0 Å². The minimum absolute atomic E-state index is 0.0735. The molecule has 5 rings (SSSR count). The second-order valence-electron chi connectivity index (χ2n) is 12.4. The number of rotatable bonds is 4. The highest BCUT2D eigenvalue weighted by atomic mass is 16.3. The fraction of sp³-hybridized carbons (Fsp3) is 0.926. The molecular formula is C27H44O. The predicted molar refractivity (Wildman–Crippen MR) is 117 cm³/mol. The van der Waals surface area contributed by atoms with E-state index in [1.165, 1.54) is 57.8 Å². The van der Waals surface area contributed by atoms with Crippen molar-refractivity contribution in [2.24, 2.45) is 52.3 Å². The number of allylic oxidation sites excluding steroid dienone is 1. The van der Waals surface area contributed by atoms with Crippen molar-refractivity contribution >= 4 is 0 Å². The van der Waals surface area contributed by atoms with Gasteiger partial charge in [0.05, 0.1) is 6.10 Å². The van der Waals surface area contributed by atoms with Crippen LogP contribution in [0, 0.1) is 52.3 Å². The smallest absolute Gasteiger partial charge is 0.0577 e. The summed E-state index contributed by atoms with van der Waals surface area (Å²) in [6.45, 7) is 10.3. The van der Waals surface area contributed by atoms with Crippen LogP contribution in [0.1, 0.15) is 98.3 Å². The van der Waals surface area contributed by atoms with E-state index in [2.05, 4.69) is 33.8 Å². The summed E-state index contributed by atoms with van der Waals surface area (Å²) in [6, 6.07) is 0. The third-order valence-electron chi connectivity index (χ3n) is 11.1. The lowest BCUT2D eigenvalue weighted by atomic mass is 9.47. The van der Waals surface area contributed by atoms with Crippen LogP contribution in [-0.2, 0) is 0 Å². The average Bonchev–Trinajstić information content (AvgIpc) is 3.25. The van der Waals surface area contributed by atoms with Crippen LogP contribution < -0.4 is 0 Å². The molecule has 4 saturated carbocycles. The number of aliphatic hydroxyl groups excluding tert-OH is 1. The molecule has 4 unspecified atom stereocenters. The van der Waals surface area contributed by atoms with Crippen molar-refractivity contribution in [2.45, 2.75) is 104 Å². The molecule has 0 spiro atoms. The number of hydrogen-bond donors (Lipinski definition) is 1. The van der Waals surface area contributed by atoms with Crippen molar-refractivity contribution < 1.29 is 5.11 Å².